The second kappa shape index (κ2) is 3.96. The molecule has 2 aromatic heterocycles. The highest BCUT2D eigenvalue weighted by Gasteiger charge is 2.07. The SMILES string of the molecule is Cc1ccn(Cc2ncc(C)c(N)c2C)n1. The summed E-state index contributed by atoms with van der Waals surface area (Å²) in [7, 11) is 0. The summed E-state index contributed by atoms with van der Waals surface area (Å²) in [6.45, 7) is 6.61. The predicted molar refractivity (Wildman–Crippen MR) is 64.2 cm³/mol. The fourth-order valence-corrected chi connectivity index (χ4v) is 1.66. The lowest BCUT2D eigenvalue weighted by atomic mass is 10.1. The molecule has 84 valence electrons. The Bertz CT molecular complexity index is 514. The van der Waals surface area contributed by atoms with Crippen LogP contribution in [0.3, 0.4) is 0 Å². The van der Waals surface area contributed by atoms with Crippen molar-refractivity contribution in [3.63, 3.8) is 0 Å². The van der Waals surface area contributed by atoms with Gasteiger partial charge in [-0.25, -0.2) is 0 Å². The zero-order valence-corrected chi connectivity index (χ0v) is 9.86. The van der Waals surface area contributed by atoms with Crippen LogP contribution < -0.4 is 5.73 Å². The van der Waals surface area contributed by atoms with Crippen LogP contribution in [-0.2, 0) is 6.54 Å². The van der Waals surface area contributed by atoms with Gasteiger partial charge in [0, 0.05) is 18.1 Å². The molecule has 2 heterocycles. The van der Waals surface area contributed by atoms with Crippen molar-refractivity contribution >= 4 is 5.69 Å². The molecule has 0 aliphatic heterocycles. The van der Waals surface area contributed by atoms with E-state index in [-0.39, 0.29) is 0 Å². The molecule has 0 aromatic carbocycles. The summed E-state index contributed by atoms with van der Waals surface area (Å²) in [5.74, 6) is 0. The fraction of sp³-hybridized carbons (Fsp3) is 0.333. The summed E-state index contributed by atoms with van der Waals surface area (Å²) in [6, 6.07) is 1.98. The van der Waals surface area contributed by atoms with Crippen molar-refractivity contribution in [2.45, 2.75) is 27.3 Å². The van der Waals surface area contributed by atoms with E-state index in [4.69, 9.17) is 5.73 Å². The van der Waals surface area contributed by atoms with E-state index in [1.807, 2.05) is 43.9 Å². The Morgan fingerprint density at radius 3 is 2.69 bits per heavy atom. The molecule has 0 radical (unpaired) electrons. The maximum atomic E-state index is 5.97. The number of nitrogens with two attached hydrogens (primary N) is 1. The Balaban J connectivity index is 2.32. The van der Waals surface area contributed by atoms with E-state index in [0.717, 1.165) is 28.2 Å². The lowest BCUT2D eigenvalue weighted by molar-refractivity contribution is 0.663. The van der Waals surface area contributed by atoms with Gasteiger partial charge in [0.1, 0.15) is 0 Å². The van der Waals surface area contributed by atoms with Gasteiger partial charge in [-0.3, -0.25) is 9.67 Å². The van der Waals surface area contributed by atoms with E-state index in [9.17, 15) is 0 Å². The lowest BCUT2D eigenvalue weighted by Crippen LogP contribution is -2.07. The van der Waals surface area contributed by atoms with E-state index >= 15 is 0 Å². The molecule has 0 atom stereocenters. The number of aryl methyl sites for hydroxylation is 2. The molecule has 4 heteroatoms. The van der Waals surface area contributed by atoms with Crippen molar-refractivity contribution in [2.75, 3.05) is 5.73 Å². The largest absolute Gasteiger partial charge is 0.398 e. The van der Waals surface area contributed by atoms with Crippen molar-refractivity contribution in [1.82, 2.24) is 14.8 Å². The third-order valence-corrected chi connectivity index (χ3v) is 2.76. The third-order valence-electron chi connectivity index (χ3n) is 2.76. The first-order valence-electron chi connectivity index (χ1n) is 5.28. The second-order valence-corrected chi connectivity index (χ2v) is 4.08. The quantitative estimate of drug-likeness (QED) is 0.833. The van der Waals surface area contributed by atoms with Crippen LogP contribution in [0.4, 0.5) is 5.69 Å². The standard InChI is InChI=1S/C12H16N4/c1-8-6-14-11(10(3)12(8)13)7-16-5-4-9(2)15-16/h4-6H,7H2,1-3H3,(H2,13,14). The van der Waals surface area contributed by atoms with Gasteiger partial charge in [0.05, 0.1) is 17.9 Å². The summed E-state index contributed by atoms with van der Waals surface area (Å²) in [5.41, 5.74) is 10.9. The molecular formula is C12H16N4. The Hall–Kier alpha value is -1.84. The molecule has 2 aromatic rings. The van der Waals surface area contributed by atoms with Gasteiger partial charge >= 0.3 is 0 Å². The molecular weight excluding hydrogens is 200 g/mol. The average Bonchev–Trinajstić information content (AvgIpc) is 2.65. The average molecular weight is 216 g/mol. The third kappa shape index (κ3) is 1.91. The van der Waals surface area contributed by atoms with Gasteiger partial charge in [-0.15, -0.1) is 0 Å². The zero-order chi connectivity index (χ0) is 11.7. The van der Waals surface area contributed by atoms with Crippen LogP contribution in [0, 0.1) is 20.8 Å². The summed E-state index contributed by atoms with van der Waals surface area (Å²) >= 11 is 0. The Morgan fingerprint density at radius 1 is 1.31 bits per heavy atom. The fourth-order valence-electron chi connectivity index (χ4n) is 1.66. The molecule has 0 aliphatic rings. The van der Waals surface area contributed by atoms with Crippen LogP contribution in [0.5, 0.6) is 0 Å². The molecule has 0 unspecified atom stereocenters. The first-order valence-corrected chi connectivity index (χ1v) is 5.28. The molecule has 0 bridgehead atoms. The van der Waals surface area contributed by atoms with Gasteiger partial charge in [0.2, 0.25) is 0 Å². The minimum absolute atomic E-state index is 0.671. The van der Waals surface area contributed by atoms with Crippen molar-refractivity contribution in [3.8, 4) is 0 Å². The molecule has 2 N–H and O–H groups in total. The van der Waals surface area contributed by atoms with E-state index in [2.05, 4.69) is 10.1 Å². The van der Waals surface area contributed by atoms with Gasteiger partial charge in [-0.1, -0.05) is 0 Å². The normalized spacial score (nSPS) is 10.7. The van der Waals surface area contributed by atoms with Gasteiger partial charge in [-0.05, 0) is 38.0 Å². The molecule has 0 aliphatic carbocycles. The topological polar surface area (TPSA) is 56.7 Å². The minimum atomic E-state index is 0.671. The predicted octanol–water partition coefficient (Wildman–Crippen LogP) is 1.83. The Morgan fingerprint density at radius 2 is 2.06 bits per heavy atom. The van der Waals surface area contributed by atoms with Gasteiger partial charge in [0.15, 0.2) is 0 Å². The molecule has 4 nitrogen and oxygen atoms in total. The molecule has 0 fully saturated rings. The van der Waals surface area contributed by atoms with Crippen LogP contribution in [-0.4, -0.2) is 14.8 Å². The first-order chi connectivity index (χ1) is 7.58. The molecule has 0 saturated carbocycles. The molecule has 0 amide bonds. The number of nitrogens with zero attached hydrogens (tertiary/aromatic N) is 3. The maximum Gasteiger partial charge on any atom is 0.0834 e. The van der Waals surface area contributed by atoms with Gasteiger partial charge < -0.3 is 5.73 Å². The zero-order valence-electron chi connectivity index (χ0n) is 9.86. The van der Waals surface area contributed by atoms with Crippen LogP contribution in [0.15, 0.2) is 18.5 Å². The minimum Gasteiger partial charge on any atom is -0.398 e. The number of pyridine rings is 1. The molecule has 2 rings (SSSR count). The second-order valence-electron chi connectivity index (χ2n) is 4.08. The van der Waals surface area contributed by atoms with Crippen LogP contribution in [0.25, 0.3) is 0 Å². The van der Waals surface area contributed by atoms with Gasteiger partial charge in [0.25, 0.3) is 0 Å². The summed E-state index contributed by atoms with van der Waals surface area (Å²) in [5, 5.41) is 4.34. The first kappa shape index (κ1) is 10.7. The number of anilines is 1. The summed E-state index contributed by atoms with van der Waals surface area (Å²) in [6.07, 6.45) is 3.76. The highest BCUT2D eigenvalue weighted by molar-refractivity contribution is 5.53. The lowest BCUT2D eigenvalue weighted by Gasteiger charge is -2.09. The molecule has 0 saturated heterocycles. The number of rotatable bonds is 2. The number of aromatic nitrogens is 3. The van der Waals surface area contributed by atoms with Crippen LogP contribution >= 0.6 is 0 Å². The summed E-state index contributed by atoms with van der Waals surface area (Å²) < 4.78 is 1.87. The van der Waals surface area contributed by atoms with E-state index in [1.165, 1.54) is 0 Å². The highest BCUT2D eigenvalue weighted by atomic mass is 15.3. The number of hydrogen-bond donors (Lipinski definition) is 1. The molecule has 16 heavy (non-hydrogen) atoms. The number of hydrogen-bond acceptors (Lipinski definition) is 3. The van der Waals surface area contributed by atoms with E-state index in [1.54, 1.807) is 0 Å². The number of nitrogen functional groups attached to an aromatic ring is 1. The van der Waals surface area contributed by atoms with Crippen molar-refractivity contribution < 1.29 is 0 Å². The van der Waals surface area contributed by atoms with Crippen molar-refractivity contribution in [2.24, 2.45) is 0 Å². The van der Waals surface area contributed by atoms with Crippen LogP contribution in [0.1, 0.15) is 22.5 Å². The van der Waals surface area contributed by atoms with Crippen molar-refractivity contribution in [3.05, 3.63) is 41.0 Å². The van der Waals surface area contributed by atoms with Crippen LogP contribution in [0.2, 0.25) is 0 Å². The Labute approximate surface area is 95.1 Å². The van der Waals surface area contributed by atoms with Crippen molar-refractivity contribution in [1.29, 1.82) is 0 Å². The Kier molecular flexibility index (Phi) is 2.64. The smallest absolute Gasteiger partial charge is 0.0834 e. The monoisotopic (exact) mass is 216 g/mol. The summed E-state index contributed by atoms with van der Waals surface area (Å²) in [4.78, 5) is 4.40. The van der Waals surface area contributed by atoms with Gasteiger partial charge in [-0.2, -0.15) is 5.10 Å². The molecule has 0 spiro atoms. The maximum absolute atomic E-state index is 5.97. The highest BCUT2D eigenvalue weighted by Crippen LogP contribution is 2.18. The van der Waals surface area contributed by atoms with E-state index < -0.39 is 0 Å². The van der Waals surface area contributed by atoms with E-state index in [0.29, 0.717) is 6.54 Å².